The van der Waals surface area contributed by atoms with Crippen molar-refractivity contribution in [3.8, 4) is 5.75 Å². The average Bonchev–Trinajstić information content (AvgIpc) is 3.33. The van der Waals surface area contributed by atoms with Crippen LogP contribution in [0.4, 0.5) is 0 Å². The second-order valence-corrected chi connectivity index (χ2v) is 8.46. The van der Waals surface area contributed by atoms with Gasteiger partial charge in [-0.3, -0.25) is 9.59 Å². The van der Waals surface area contributed by atoms with E-state index in [0.717, 1.165) is 62.2 Å². The van der Waals surface area contributed by atoms with E-state index in [9.17, 15) is 9.59 Å². The topological polar surface area (TPSA) is 49.9 Å². The van der Waals surface area contributed by atoms with Crippen molar-refractivity contribution in [2.45, 2.75) is 32.6 Å². The molecule has 0 saturated carbocycles. The molecule has 2 saturated heterocycles. The van der Waals surface area contributed by atoms with Gasteiger partial charge in [-0.05, 0) is 62.9 Å². The summed E-state index contributed by atoms with van der Waals surface area (Å²) in [6.07, 6.45) is 4.20. The first-order valence-corrected chi connectivity index (χ1v) is 11.0. The van der Waals surface area contributed by atoms with E-state index in [-0.39, 0.29) is 11.8 Å². The van der Waals surface area contributed by atoms with E-state index in [1.54, 1.807) is 0 Å². The lowest BCUT2D eigenvalue weighted by atomic mass is 9.98. The highest BCUT2D eigenvalue weighted by molar-refractivity contribution is 5.95. The average molecular weight is 407 g/mol. The standard InChI is InChI=1S/C25H30N2O3/c1-19-9-11-21(12-10-19)24(28)27-15-5-6-20(17-27)18-30-23-8-4-7-22(16-23)25(29)26-13-2-3-14-26/h4,7-12,16,20H,2-3,5-6,13-15,17-18H2,1H3/t20-/m1/s1. The number of carbonyl (C=O) groups is 2. The third kappa shape index (κ3) is 4.84. The molecular weight excluding hydrogens is 376 g/mol. The van der Waals surface area contributed by atoms with Crippen LogP contribution < -0.4 is 4.74 Å². The number of amides is 2. The molecule has 5 heteroatoms. The molecule has 2 amide bonds. The van der Waals surface area contributed by atoms with E-state index in [1.165, 1.54) is 0 Å². The maximum absolute atomic E-state index is 12.8. The van der Waals surface area contributed by atoms with Crippen molar-refractivity contribution >= 4 is 11.8 Å². The van der Waals surface area contributed by atoms with Crippen LogP contribution in [0.5, 0.6) is 5.75 Å². The van der Waals surface area contributed by atoms with Gasteiger partial charge in [0.25, 0.3) is 11.8 Å². The van der Waals surface area contributed by atoms with Gasteiger partial charge in [-0.1, -0.05) is 23.8 Å². The van der Waals surface area contributed by atoms with Crippen molar-refractivity contribution < 1.29 is 14.3 Å². The summed E-state index contributed by atoms with van der Waals surface area (Å²) in [5.41, 5.74) is 2.59. The molecule has 2 aliphatic rings. The highest BCUT2D eigenvalue weighted by Gasteiger charge is 2.25. The first-order chi connectivity index (χ1) is 14.6. The fourth-order valence-electron chi connectivity index (χ4n) is 4.30. The number of carbonyl (C=O) groups excluding carboxylic acids is 2. The van der Waals surface area contributed by atoms with Gasteiger partial charge in [-0.25, -0.2) is 0 Å². The van der Waals surface area contributed by atoms with Crippen molar-refractivity contribution in [2.75, 3.05) is 32.8 Å². The maximum Gasteiger partial charge on any atom is 0.253 e. The lowest BCUT2D eigenvalue weighted by Crippen LogP contribution is -2.41. The second-order valence-electron chi connectivity index (χ2n) is 8.46. The molecule has 0 N–H and O–H groups in total. The van der Waals surface area contributed by atoms with Gasteiger partial charge in [0.15, 0.2) is 0 Å². The molecule has 2 aromatic rings. The summed E-state index contributed by atoms with van der Waals surface area (Å²) in [5.74, 6) is 1.21. The van der Waals surface area contributed by atoms with E-state index in [1.807, 2.05) is 65.3 Å². The SMILES string of the molecule is Cc1ccc(C(=O)N2CCC[C@@H](COc3cccc(C(=O)N4CCCC4)c3)C2)cc1. The zero-order chi connectivity index (χ0) is 20.9. The number of rotatable bonds is 5. The van der Waals surface area contributed by atoms with Crippen molar-refractivity contribution in [3.05, 3.63) is 65.2 Å². The van der Waals surface area contributed by atoms with Gasteiger partial charge in [0, 0.05) is 43.2 Å². The zero-order valence-electron chi connectivity index (χ0n) is 17.7. The van der Waals surface area contributed by atoms with Crippen molar-refractivity contribution in [1.82, 2.24) is 9.80 Å². The Bertz CT molecular complexity index is 888. The fourth-order valence-corrected chi connectivity index (χ4v) is 4.30. The predicted molar refractivity (Wildman–Crippen MR) is 117 cm³/mol. The summed E-state index contributed by atoms with van der Waals surface area (Å²) in [7, 11) is 0. The Hall–Kier alpha value is -2.82. The van der Waals surface area contributed by atoms with Crippen molar-refractivity contribution in [3.63, 3.8) is 0 Å². The smallest absolute Gasteiger partial charge is 0.253 e. The Kier molecular flexibility index (Phi) is 6.36. The van der Waals surface area contributed by atoms with Crippen LogP contribution in [0.2, 0.25) is 0 Å². The van der Waals surface area contributed by atoms with Crippen LogP contribution >= 0.6 is 0 Å². The normalized spacial score (nSPS) is 19.0. The molecule has 4 rings (SSSR count). The van der Waals surface area contributed by atoms with E-state index in [2.05, 4.69) is 0 Å². The summed E-state index contributed by atoms with van der Waals surface area (Å²) in [6.45, 7) is 5.77. The van der Waals surface area contributed by atoms with Crippen LogP contribution in [0.25, 0.3) is 0 Å². The van der Waals surface area contributed by atoms with Gasteiger partial charge in [0.1, 0.15) is 5.75 Å². The third-order valence-corrected chi connectivity index (χ3v) is 6.06. The van der Waals surface area contributed by atoms with Crippen LogP contribution in [0.15, 0.2) is 48.5 Å². The molecule has 0 bridgehead atoms. The predicted octanol–water partition coefficient (Wildman–Crippen LogP) is 4.16. The highest BCUT2D eigenvalue weighted by Crippen LogP contribution is 2.22. The molecule has 2 aromatic carbocycles. The summed E-state index contributed by atoms with van der Waals surface area (Å²) in [4.78, 5) is 29.3. The van der Waals surface area contributed by atoms with Crippen LogP contribution in [-0.2, 0) is 0 Å². The first-order valence-electron chi connectivity index (χ1n) is 11.0. The van der Waals surface area contributed by atoms with Gasteiger partial charge >= 0.3 is 0 Å². The van der Waals surface area contributed by atoms with Crippen molar-refractivity contribution in [1.29, 1.82) is 0 Å². The molecule has 0 unspecified atom stereocenters. The summed E-state index contributed by atoms with van der Waals surface area (Å²) >= 11 is 0. The Morgan fingerprint density at radius 2 is 1.60 bits per heavy atom. The zero-order valence-corrected chi connectivity index (χ0v) is 17.7. The molecule has 30 heavy (non-hydrogen) atoms. The molecule has 1 atom stereocenters. The minimum Gasteiger partial charge on any atom is -0.493 e. The molecule has 0 spiro atoms. The van der Waals surface area contributed by atoms with Gasteiger partial charge in [0.2, 0.25) is 0 Å². The molecule has 5 nitrogen and oxygen atoms in total. The fraction of sp³-hybridized carbons (Fsp3) is 0.440. The minimum atomic E-state index is 0.0884. The molecular formula is C25H30N2O3. The summed E-state index contributed by atoms with van der Waals surface area (Å²) in [6, 6.07) is 15.3. The molecule has 0 radical (unpaired) electrons. The number of hydrogen-bond donors (Lipinski definition) is 0. The van der Waals surface area contributed by atoms with E-state index in [0.29, 0.717) is 24.6 Å². The number of nitrogens with zero attached hydrogens (tertiary/aromatic N) is 2. The molecule has 158 valence electrons. The Balaban J connectivity index is 1.33. The second kappa shape index (κ2) is 9.33. The maximum atomic E-state index is 12.8. The summed E-state index contributed by atoms with van der Waals surface area (Å²) < 4.78 is 6.04. The number of benzene rings is 2. The summed E-state index contributed by atoms with van der Waals surface area (Å²) in [5, 5.41) is 0. The Morgan fingerprint density at radius 1 is 0.900 bits per heavy atom. The quantitative estimate of drug-likeness (QED) is 0.749. The van der Waals surface area contributed by atoms with Gasteiger partial charge in [-0.2, -0.15) is 0 Å². The minimum absolute atomic E-state index is 0.0884. The number of ether oxygens (including phenoxy) is 1. The lowest BCUT2D eigenvalue weighted by molar-refractivity contribution is 0.0632. The van der Waals surface area contributed by atoms with Crippen LogP contribution in [0.3, 0.4) is 0 Å². The molecule has 2 heterocycles. The van der Waals surface area contributed by atoms with E-state index >= 15 is 0 Å². The van der Waals surface area contributed by atoms with Crippen LogP contribution in [0.1, 0.15) is 52.0 Å². The van der Waals surface area contributed by atoms with Crippen LogP contribution in [0, 0.1) is 12.8 Å². The van der Waals surface area contributed by atoms with Crippen LogP contribution in [-0.4, -0.2) is 54.4 Å². The largest absolute Gasteiger partial charge is 0.493 e. The first kappa shape index (κ1) is 20.5. The number of likely N-dealkylation sites (tertiary alicyclic amines) is 2. The molecule has 0 aliphatic carbocycles. The van der Waals surface area contributed by atoms with Gasteiger partial charge in [-0.15, -0.1) is 0 Å². The monoisotopic (exact) mass is 406 g/mol. The Labute approximate surface area is 178 Å². The highest BCUT2D eigenvalue weighted by atomic mass is 16.5. The van der Waals surface area contributed by atoms with E-state index < -0.39 is 0 Å². The number of piperidine rings is 1. The number of aryl methyl sites for hydroxylation is 1. The lowest BCUT2D eigenvalue weighted by Gasteiger charge is -2.32. The molecule has 2 aliphatic heterocycles. The number of hydrogen-bond acceptors (Lipinski definition) is 3. The molecule has 0 aromatic heterocycles. The van der Waals surface area contributed by atoms with Crippen molar-refractivity contribution in [2.24, 2.45) is 5.92 Å². The molecule has 2 fully saturated rings. The third-order valence-electron chi connectivity index (χ3n) is 6.06. The van der Waals surface area contributed by atoms with Gasteiger partial charge < -0.3 is 14.5 Å². The van der Waals surface area contributed by atoms with Gasteiger partial charge in [0.05, 0.1) is 6.61 Å². The Morgan fingerprint density at radius 3 is 2.37 bits per heavy atom. The van der Waals surface area contributed by atoms with E-state index in [4.69, 9.17) is 4.74 Å².